The van der Waals surface area contributed by atoms with Gasteiger partial charge in [-0.3, -0.25) is 4.79 Å². The molecule has 1 aromatic rings. The third-order valence-electron chi connectivity index (χ3n) is 9.11. The van der Waals surface area contributed by atoms with E-state index in [4.69, 9.17) is 9.47 Å². The molecule has 0 aromatic heterocycles. The molecule has 5 heteroatoms. The van der Waals surface area contributed by atoms with E-state index in [0.29, 0.717) is 5.57 Å². The maximum absolute atomic E-state index is 12.4. The molecule has 1 aromatic carbocycles. The fraction of sp³-hybridized carbons (Fsp3) is 0.657. The van der Waals surface area contributed by atoms with E-state index < -0.39 is 17.4 Å². The molecule has 0 amide bonds. The predicted octanol–water partition coefficient (Wildman–Crippen LogP) is 8.02. The lowest BCUT2D eigenvalue weighted by Crippen LogP contribution is -2.32. The van der Waals surface area contributed by atoms with E-state index in [1.807, 2.05) is 12.1 Å². The second-order valence-corrected chi connectivity index (χ2v) is 12.9. The molecule has 40 heavy (non-hydrogen) atoms. The van der Waals surface area contributed by atoms with Crippen molar-refractivity contribution in [1.29, 1.82) is 0 Å². The number of hydrogen-bond donors (Lipinski definition) is 1. The highest BCUT2D eigenvalue weighted by Gasteiger charge is 2.30. The fourth-order valence-electron chi connectivity index (χ4n) is 6.12. The third kappa shape index (κ3) is 9.33. The van der Waals surface area contributed by atoms with E-state index >= 15 is 0 Å². The number of aliphatic hydroxyl groups is 1. The van der Waals surface area contributed by atoms with E-state index in [1.165, 1.54) is 75.3 Å². The van der Waals surface area contributed by atoms with Gasteiger partial charge in [-0.1, -0.05) is 82.4 Å². The summed E-state index contributed by atoms with van der Waals surface area (Å²) in [6, 6.07) is 8.37. The summed E-state index contributed by atoms with van der Waals surface area (Å²) in [5.74, 6) is 1.44. The van der Waals surface area contributed by atoms with Crippen molar-refractivity contribution in [2.75, 3.05) is 19.8 Å². The lowest BCUT2D eigenvalue weighted by atomic mass is 9.70. The molecule has 3 rings (SSSR count). The zero-order valence-corrected chi connectivity index (χ0v) is 25.4. The standard InChI is InChI=1S/C35H52O5/c1-6-7-8-9-26-10-12-27(13-11-26)28-14-16-29(17-15-28)30-18-20-31(21-19-30)32(22-39-33(37)25(2)3)23-40-34(38)35(4,5)24-36/h16,18-21,26-28,32,36H,2,6-15,17,22-24H2,1,3-5H3. The highest BCUT2D eigenvalue weighted by Crippen LogP contribution is 2.42. The Morgan fingerprint density at radius 1 is 1.00 bits per heavy atom. The molecule has 2 aliphatic rings. The first-order chi connectivity index (χ1) is 19.1. The van der Waals surface area contributed by atoms with Crippen molar-refractivity contribution >= 4 is 17.5 Å². The summed E-state index contributed by atoms with van der Waals surface area (Å²) in [7, 11) is 0. The summed E-state index contributed by atoms with van der Waals surface area (Å²) in [6.07, 6.45) is 17.3. The lowest BCUT2D eigenvalue weighted by Gasteiger charge is -2.35. The molecule has 0 spiro atoms. The lowest BCUT2D eigenvalue weighted by molar-refractivity contribution is -0.157. The van der Waals surface area contributed by atoms with Gasteiger partial charge in [0.2, 0.25) is 0 Å². The Hall–Kier alpha value is -2.40. The van der Waals surface area contributed by atoms with Crippen molar-refractivity contribution in [3.63, 3.8) is 0 Å². The van der Waals surface area contributed by atoms with Crippen molar-refractivity contribution in [2.45, 2.75) is 104 Å². The van der Waals surface area contributed by atoms with Crippen LogP contribution in [0, 0.1) is 23.2 Å². The summed E-state index contributed by atoms with van der Waals surface area (Å²) < 4.78 is 11.0. The monoisotopic (exact) mass is 552 g/mol. The summed E-state index contributed by atoms with van der Waals surface area (Å²) >= 11 is 0. The first kappa shape index (κ1) is 32.1. The number of esters is 2. The van der Waals surface area contributed by atoms with Gasteiger partial charge in [0, 0.05) is 5.57 Å². The van der Waals surface area contributed by atoms with Gasteiger partial charge in [-0.2, -0.15) is 0 Å². The van der Waals surface area contributed by atoms with E-state index in [2.05, 4.69) is 31.7 Å². The molecule has 1 N–H and O–H groups in total. The molecule has 2 atom stereocenters. The van der Waals surface area contributed by atoms with Gasteiger partial charge < -0.3 is 14.6 Å². The summed E-state index contributed by atoms with van der Waals surface area (Å²) in [4.78, 5) is 24.5. The maximum atomic E-state index is 12.4. The molecule has 222 valence electrons. The van der Waals surface area contributed by atoms with Gasteiger partial charge >= 0.3 is 11.9 Å². The molecular weight excluding hydrogens is 500 g/mol. The number of hydrogen-bond acceptors (Lipinski definition) is 5. The summed E-state index contributed by atoms with van der Waals surface area (Å²) in [6.45, 7) is 10.7. The van der Waals surface area contributed by atoms with Crippen LogP contribution in [0.2, 0.25) is 0 Å². The Morgan fingerprint density at radius 2 is 1.68 bits per heavy atom. The van der Waals surface area contributed by atoms with Gasteiger partial charge in [-0.15, -0.1) is 0 Å². The number of carbonyl (C=O) groups is 2. The first-order valence-corrected chi connectivity index (χ1v) is 15.5. The van der Waals surface area contributed by atoms with Gasteiger partial charge in [0.05, 0.1) is 17.9 Å². The quantitative estimate of drug-likeness (QED) is 0.144. The van der Waals surface area contributed by atoms with E-state index in [9.17, 15) is 14.7 Å². The molecule has 0 aliphatic heterocycles. The topological polar surface area (TPSA) is 72.8 Å². The molecule has 2 aliphatic carbocycles. The summed E-state index contributed by atoms with van der Waals surface area (Å²) in [5, 5.41) is 9.49. The van der Waals surface area contributed by atoms with E-state index in [0.717, 1.165) is 29.7 Å². The number of benzene rings is 1. The van der Waals surface area contributed by atoms with Crippen molar-refractivity contribution in [2.24, 2.45) is 23.2 Å². The minimum atomic E-state index is -0.984. The predicted molar refractivity (Wildman–Crippen MR) is 162 cm³/mol. The van der Waals surface area contributed by atoms with Crippen LogP contribution in [0.4, 0.5) is 0 Å². The van der Waals surface area contributed by atoms with E-state index in [1.54, 1.807) is 20.8 Å². The minimum absolute atomic E-state index is 0.0658. The molecule has 5 nitrogen and oxygen atoms in total. The molecule has 0 bridgehead atoms. The van der Waals surface area contributed by atoms with Gasteiger partial charge in [-0.25, -0.2) is 4.79 Å². The zero-order valence-electron chi connectivity index (χ0n) is 25.4. The van der Waals surface area contributed by atoms with Crippen LogP contribution in [-0.2, 0) is 19.1 Å². The van der Waals surface area contributed by atoms with Crippen LogP contribution in [-0.4, -0.2) is 36.9 Å². The number of aliphatic hydroxyl groups excluding tert-OH is 1. The van der Waals surface area contributed by atoms with Crippen LogP contribution in [0.25, 0.3) is 5.57 Å². The Labute approximate surface area is 242 Å². The van der Waals surface area contributed by atoms with Crippen molar-refractivity contribution in [3.8, 4) is 0 Å². The van der Waals surface area contributed by atoms with Crippen LogP contribution >= 0.6 is 0 Å². The second kappa shape index (κ2) is 15.6. The number of rotatable bonds is 14. The Kier molecular flexibility index (Phi) is 12.5. The number of ether oxygens (including phenoxy) is 2. The average molecular weight is 553 g/mol. The zero-order chi connectivity index (χ0) is 29.1. The molecular formula is C35H52O5. The largest absolute Gasteiger partial charge is 0.464 e. The molecule has 1 fully saturated rings. The van der Waals surface area contributed by atoms with Crippen molar-refractivity contribution in [1.82, 2.24) is 0 Å². The summed E-state index contributed by atoms with van der Waals surface area (Å²) in [5.41, 5.74) is 2.94. The van der Waals surface area contributed by atoms with Crippen LogP contribution in [0.5, 0.6) is 0 Å². The van der Waals surface area contributed by atoms with Gasteiger partial charge in [0.15, 0.2) is 0 Å². The van der Waals surface area contributed by atoms with Gasteiger partial charge in [0.25, 0.3) is 0 Å². The molecule has 2 unspecified atom stereocenters. The smallest absolute Gasteiger partial charge is 0.333 e. The molecule has 1 saturated carbocycles. The normalized spacial score (nSPS) is 22.2. The Balaban J connectivity index is 1.58. The van der Waals surface area contributed by atoms with Crippen LogP contribution in [0.1, 0.15) is 115 Å². The Morgan fingerprint density at radius 3 is 2.25 bits per heavy atom. The first-order valence-electron chi connectivity index (χ1n) is 15.5. The SMILES string of the molecule is C=C(C)C(=O)OCC(COC(=O)C(C)(C)CO)c1ccc(C2=CCC(C3CCC(CCCCC)CC3)CC2)cc1. The van der Waals surface area contributed by atoms with Gasteiger partial charge in [-0.05, 0) is 87.3 Å². The number of allylic oxidation sites excluding steroid dienone is 2. The highest BCUT2D eigenvalue weighted by molar-refractivity contribution is 5.87. The second-order valence-electron chi connectivity index (χ2n) is 12.9. The average Bonchev–Trinajstić information content (AvgIpc) is 2.97. The van der Waals surface area contributed by atoms with Crippen molar-refractivity contribution in [3.05, 3.63) is 53.6 Å². The fourth-order valence-corrected chi connectivity index (χ4v) is 6.12. The number of unbranched alkanes of at least 4 members (excludes halogenated alkanes) is 2. The van der Waals surface area contributed by atoms with Crippen LogP contribution in [0.15, 0.2) is 42.5 Å². The number of carbonyl (C=O) groups excluding carboxylic acids is 2. The van der Waals surface area contributed by atoms with E-state index in [-0.39, 0.29) is 25.7 Å². The third-order valence-corrected chi connectivity index (χ3v) is 9.11. The van der Waals surface area contributed by atoms with Crippen LogP contribution in [0.3, 0.4) is 0 Å². The molecule has 0 heterocycles. The molecule has 0 saturated heterocycles. The highest BCUT2D eigenvalue weighted by atomic mass is 16.5. The Bertz CT molecular complexity index is 997. The molecule has 0 radical (unpaired) electrons. The minimum Gasteiger partial charge on any atom is -0.464 e. The maximum Gasteiger partial charge on any atom is 0.333 e. The van der Waals surface area contributed by atoms with Crippen molar-refractivity contribution < 1.29 is 24.2 Å². The van der Waals surface area contributed by atoms with Gasteiger partial charge in [0.1, 0.15) is 13.2 Å². The van der Waals surface area contributed by atoms with Crippen LogP contribution < -0.4 is 0 Å².